The summed E-state index contributed by atoms with van der Waals surface area (Å²) in [4.78, 5) is 11.7. The van der Waals surface area contributed by atoms with Crippen molar-refractivity contribution in [3.05, 3.63) is 24.3 Å². The van der Waals surface area contributed by atoms with Gasteiger partial charge in [0.05, 0.1) is 5.75 Å². The Hall–Kier alpha value is -2.09. The average Bonchev–Trinajstić information content (AvgIpc) is 2.72. The van der Waals surface area contributed by atoms with E-state index in [2.05, 4.69) is 20.8 Å². The molecule has 1 aromatic heterocycles. The predicted molar refractivity (Wildman–Crippen MR) is 69.0 cm³/mol. The molecule has 7 nitrogen and oxygen atoms in total. The maximum atomic E-state index is 11.7. The number of carbonyl (C=O) groups excluding carboxylic acids is 1. The van der Waals surface area contributed by atoms with Gasteiger partial charge in [-0.05, 0) is 28.6 Å². The van der Waals surface area contributed by atoms with Crippen LogP contribution in [0, 0.1) is 0 Å². The maximum Gasteiger partial charge on any atom is 0.234 e. The van der Waals surface area contributed by atoms with Gasteiger partial charge in [0.15, 0.2) is 0 Å². The molecule has 0 aliphatic rings. The van der Waals surface area contributed by atoms with Crippen molar-refractivity contribution in [2.75, 3.05) is 16.8 Å². The number of nitrogens with zero attached hydrogens (tertiary/aromatic N) is 4. The van der Waals surface area contributed by atoms with Gasteiger partial charge in [0, 0.05) is 18.4 Å². The van der Waals surface area contributed by atoms with Crippen molar-refractivity contribution in [1.29, 1.82) is 0 Å². The van der Waals surface area contributed by atoms with E-state index in [0.717, 1.165) is 0 Å². The standard InChI is InChI=1S/C10H12N6OS/c1-16-10(13-14-15-16)18-6-9(17)12-8-4-2-3-7(11)5-8/h2-5H,6,11H2,1H3,(H,12,17). The van der Waals surface area contributed by atoms with Crippen LogP contribution in [0.3, 0.4) is 0 Å². The molecule has 0 spiro atoms. The van der Waals surface area contributed by atoms with Gasteiger partial charge in [-0.15, -0.1) is 5.10 Å². The summed E-state index contributed by atoms with van der Waals surface area (Å²) in [6.07, 6.45) is 0. The number of anilines is 2. The minimum absolute atomic E-state index is 0.131. The lowest BCUT2D eigenvalue weighted by molar-refractivity contribution is -0.113. The molecular formula is C10H12N6OS. The number of aryl methyl sites for hydroxylation is 1. The molecule has 0 aliphatic heterocycles. The minimum Gasteiger partial charge on any atom is -0.399 e. The first-order chi connectivity index (χ1) is 8.65. The fourth-order valence-corrected chi connectivity index (χ4v) is 1.94. The fourth-order valence-electron chi connectivity index (χ4n) is 1.29. The van der Waals surface area contributed by atoms with Gasteiger partial charge >= 0.3 is 0 Å². The summed E-state index contributed by atoms with van der Waals surface area (Å²) in [5.74, 6) is 0.108. The number of rotatable bonds is 4. The van der Waals surface area contributed by atoms with Crippen molar-refractivity contribution < 1.29 is 4.79 Å². The molecule has 0 atom stereocenters. The number of aromatic nitrogens is 4. The second-order valence-corrected chi connectivity index (χ2v) is 4.49. The zero-order chi connectivity index (χ0) is 13.0. The molecule has 1 aromatic carbocycles. The summed E-state index contributed by atoms with van der Waals surface area (Å²) in [5, 5.41) is 14.3. The number of benzene rings is 1. The number of amides is 1. The number of nitrogen functional groups attached to an aromatic ring is 1. The Labute approximate surface area is 108 Å². The van der Waals surface area contributed by atoms with Crippen molar-refractivity contribution in [3.8, 4) is 0 Å². The summed E-state index contributed by atoms with van der Waals surface area (Å²) in [5.41, 5.74) is 6.91. The van der Waals surface area contributed by atoms with Crippen LogP contribution in [-0.2, 0) is 11.8 Å². The summed E-state index contributed by atoms with van der Waals surface area (Å²) in [6.45, 7) is 0. The zero-order valence-electron chi connectivity index (χ0n) is 9.70. The van der Waals surface area contributed by atoms with Gasteiger partial charge in [-0.25, -0.2) is 4.68 Å². The monoisotopic (exact) mass is 264 g/mol. The van der Waals surface area contributed by atoms with Crippen molar-refractivity contribution >= 4 is 29.0 Å². The van der Waals surface area contributed by atoms with E-state index in [1.165, 1.54) is 16.4 Å². The Kier molecular flexibility index (Phi) is 3.78. The first kappa shape index (κ1) is 12.4. The third-order valence-corrected chi connectivity index (χ3v) is 3.09. The lowest BCUT2D eigenvalue weighted by atomic mass is 10.3. The Balaban J connectivity index is 1.88. The second kappa shape index (κ2) is 5.50. The molecule has 18 heavy (non-hydrogen) atoms. The third kappa shape index (κ3) is 3.20. The van der Waals surface area contributed by atoms with Crippen LogP contribution in [0.15, 0.2) is 29.4 Å². The maximum absolute atomic E-state index is 11.7. The quantitative estimate of drug-likeness (QED) is 0.617. The number of tetrazole rings is 1. The SMILES string of the molecule is Cn1nnnc1SCC(=O)Nc1cccc(N)c1. The molecule has 94 valence electrons. The van der Waals surface area contributed by atoms with Gasteiger partial charge in [-0.2, -0.15) is 0 Å². The highest BCUT2D eigenvalue weighted by Gasteiger charge is 2.07. The van der Waals surface area contributed by atoms with Gasteiger partial charge in [0.2, 0.25) is 11.1 Å². The first-order valence-corrected chi connectivity index (χ1v) is 6.14. The highest BCUT2D eigenvalue weighted by Crippen LogP contribution is 2.15. The second-order valence-electron chi connectivity index (χ2n) is 3.55. The van der Waals surface area contributed by atoms with Crippen LogP contribution >= 0.6 is 11.8 Å². The molecule has 0 saturated heterocycles. The molecule has 0 unspecified atom stereocenters. The van der Waals surface area contributed by atoms with Crippen LogP contribution in [0.5, 0.6) is 0 Å². The summed E-state index contributed by atoms with van der Waals surface area (Å²) in [6, 6.07) is 7.02. The number of carbonyl (C=O) groups is 1. The van der Waals surface area contributed by atoms with Crippen LogP contribution in [0.25, 0.3) is 0 Å². The Bertz CT molecular complexity index is 555. The number of hydrogen-bond donors (Lipinski definition) is 2. The summed E-state index contributed by atoms with van der Waals surface area (Å²) >= 11 is 1.27. The largest absolute Gasteiger partial charge is 0.399 e. The summed E-state index contributed by atoms with van der Waals surface area (Å²) < 4.78 is 1.51. The molecule has 8 heteroatoms. The first-order valence-electron chi connectivity index (χ1n) is 5.15. The Morgan fingerprint density at radius 2 is 2.39 bits per heavy atom. The number of hydrogen-bond acceptors (Lipinski definition) is 6. The molecule has 2 aromatic rings. The van der Waals surface area contributed by atoms with E-state index in [9.17, 15) is 4.79 Å². The molecule has 0 saturated carbocycles. The van der Waals surface area contributed by atoms with Crippen LogP contribution < -0.4 is 11.1 Å². The van der Waals surface area contributed by atoms with E-state index in [0.29, 0.717) is 16.5 Å². The molecule has 1 heterocycles. The van der Waals surface area contributed by atoms with Gasteiger partial charge in [0.1, 0.15) is 0 Å². The molecule has 0 aliphatic carbocycles. The van der Waals surface area contributed by atoms with Gasteiger partial charge in [-0.1, -0.05) is 17.8 Å². The Morgan fingerprint density at radius 3 is 3.06 bits per heavy atom. The van der Waals surface area contributed by atoms with E-state index >= 15 is 0 Å². The number of nitrogens with two attached hydrogens (primary N) is 1. The topological polar surface area (TPSA) is 98.7 Å². The van der Waals surface area contributed by atoms with E-state index in [4.69, 9.17) is 5.73 Å². The summed E-state index contributed by atoms with van der Waals surface area (Å²) in [7, 11) is 1.72. The zero-order valence-corrected chi connectivity index (χ0v) is 10.5. The van der Waals surface area contributed by atoms with Crippen molar-refractivity contribution in [2.45, 2.75) is 5.16 Å². The van der Waals surface area contributed by atoms with E-state index < -0.39 is 0 Å². The molecule has 2 rings (SSSR count). The van der Waals surface area contributed by atoms with Gasteiger partial charge in [-0.3, -0.25) is 4.79 Å². The third-order valence-electron chi connectivity index (χ3n) is 2.08. The molecular weight excluding hydrogens is 252 g/mol. The number of nitrogens with one attached hydrogen (secondary N) is 1. The normalized spacial score (nSPS) is 10.3. The van der Waals surface area contributed by atoms with Crippen molar-refractivity contribution in [3.63, 3.8) is 0 Å². The lowest BCUT2D eigenvalue weighted by Gasteiger charge is -2.05. The number of thioether (sulfide) groups is 1. The van der Waals surface area contributed by atoms with Crippen LogP contribution in [0.4, 0.5) is 11.4 Å². The lowest BCUT2D eigenvalue weighted by Crippen LogP contribution is -2.14. The van der Waals surface area contributed by atoms with Crippen LogP contribution in [0.1, 0.15) is 0 Å². The van der Waals surface area contributed by atoms with E-state index in [1.54, 1.807) is 31.3 Å². The van der Waals surface area contributed by atoms with E-state index in [1.807, 2.05) is 0 Å². The molecule has 0 fully saturated rings. The minimum atomic E-state index is -0.131. The molecule has 1 amide bonds. The molecule has 0 bridgehead atoms. The smallest absolute Gasteiger partial charge is 0.234 e. The van der Waals surface area contributed by atoms with E-state index in [-0.39, 0.29) is 11.7 Å². The van der Waals surface area contributed by atoms with Crippen LogP contribution in [-0.4, -0.2) is 31.9 Å². The Morgan fingerprint density at radius 1 is 1.56 bits per heavy atom. The highest BCUT2D eigenvalue weighted by molar-refractivity contribution is 7.99. The van der Waals surface area contributed by atoms with Crippen molar-refractivity contribution in [2.24, 2.45) is 7.05 Å². The fraction of sp³-hybridized carbons (Fsp3) is 0.200. The predicted octanol–water partition coefficient (Wildman–Crippen LogP) is 0.523. The molecule has 3 N–H and O–H groups in total. The molecule has 0 radical (unpaired) electrons. The van der Waals surface area contributed by atoms with Crippen molar-refractivity contribution in [1.82, 2.24) is 20.2 Å². The average molecular weight is 264 g/mol. The van der Waals surface area contributed by atoms with Gasteiger partial charge < -0.3 is 11.1 Å². The highest BCUT2D eigenvalue weighted by atomic mass is 32.2. The van der Waals surface area contributed by atoms with Gasteiger partial charge in [0.25, 0.3) is 0 Å². The van der Waals surface area contributed by atoms with Crippen LogP contribution in [0.2, 0.25) is 0 Å².